The summed E-state index contributed by atoms with van der Waals surface area (Å²) in [7, 11) is 0. The highest BCUT2D eigenvalue weighted by molar-refractivity contribution is 7.15. The van der Waals surface area contributed by atoms with Gasteiger partial charge in [-0.1, -0.05) is 17.7 Å². The van der Waals surface area contributed by atoms with Gasteiger partial charge < -0.3 is 5.32 Å². The summed E-state index contributed by atoms with van der Waals surface area (Å²) in [5.41, 5.74) is 4.38. The molecule has 0 aliphatic rings. The van der Waals surface area contributed by atoms with Gasteiger partial charge in [0.15, 0.2) is 4.47 Å². The predicted octanol–water partition coefficient (Wildman–Crippen LogP) is 4.57. The maximum absolute atomic E-state index is 5.86. The number of rotatable bonds is 3. The fourth-order valence-corrected chi connectivity index (χ4v) is 3.11. The fraction of sp³-hybridized carbons (Fsp3) is 0.200. The number of benzene rings is 1. The first-order valence-corrected chi connectivity index (χ1v) is 7.54. The molecule has 102 valence electrons. The number of fused-ring (bicyclic) bond motifs is 1. The number of nitrogens with zero attached hydrogens (tertiary/aromatic N) is 2. The van der Waals surface area contributed by atoms with Gasteiger partial charge in [-0.3, -0.25) is 4.98 Å². The van der Waals surface area contributed by atoms with Gasteiger partial charge in [-0.25, -0.2) is 4.98 Å². The monoisotopic (exact) mass is 303 g/mol. The second-order valence-electron chi connectivity index (χ2n) is 4.71. The van der Waals surface area contributed by atoms with Crippen LogP contribution in [-0.2, 0) is 6.54 Å². The Bertz CT molecular complexity index is 767. The van der Waals surface area contributed by atoms with E-state index in [1.165, 1.54) is 16.9 Å². The highest BCUT2D eigenvalue weighted by Gasteiger charge is 2.07. The van der Waals surface area contributed by atoms with Crippen LogP contribution in [0.4, 0.5) is 5.69 Å². The highest BCUT2D eigenvalue weighted by atomic mass is 35.5. The molecule has 0 radical (unpaired) electrons. The van der Waals surface area contributed by atoms with E-state index in [4.69, 9.17) is 11.6 Å². The predicted molar refractivity (Wildman–Crippen MR) is 85.7 cm³/mol. The van der Waals surface area contributed by atoms with Crippen LogP contribution in [0.3, 0.4) is 0 Å². The Morgan fingerprint density at radius 2 is 2.05 bits per heavy atom. The number of aryl methyl sites for hydroxylation is 2. The molecule has 0 saturated heterocycles. The second kappa shape index (κ2) is 5.38. The van der Waals surface area contributed by atoms with Crippen LogP contribution in [0.5, 0.6) is 0 Å². The zero-order valence-corrected chi connectivity index (χ0v) is 12.8. The van der Waals surface area contributed by atoms with E-state index in [9.17, 15) is 0 Å². The Kier molecular flexibility index (Phi) is 3.59. The number of hydrogen-bond donors (Lipinski definition) is 1. The summed E-state index contributed by atoms with van der Waals surface area (Å²) >= 11 is 7.35. The Balaban J connectivity index is 1.95. The summed E-state index contributed by atoms with van der Waals surface area (Å²) in [4.78, 5) is 9.74. The number of pyridine rings is 1. The normalized spacial score (nSPS) is 10.9. The highest BCUT2D eigenvalue weighted by Crippen LogP contribution is 2.27. The molecule has 0 fully saturated rings. The van der Waals surface area contributed by atoms with Crippen molar-refractivity contribution in [1.29, 1.82) is 0 Å². The quantitative estimate of drug-likeness (QED) is 0.770. The van der Waals surface area contributed by atoms with Crippen LogP contribution in [-0.4, -0.2) is 9.97 Å². The van der Waals surface area contributed by atoms with Gasteiger partial charge in [-0.2, -0.15) is 0 Å². The first-order valence-electron chi connectivity index (χ1n) is 6.34. The van der Waals surface area contributed by atoms with Crippen LogP contribution < -0.4 is 5.32 Å². The summed E-state index contributed by atoms with van der Waals surface area (Å²) in [6, 6.07) is 8.31. The maximum atomic E-state index is 5.86. The van der Waals surface area contributed by atoms with Gasteiger partial charge in [0.05, 0.1) is 12.1 Å². The molecule has 1 aromatic carbocycles. The zero-order chi connectivity index (χ0) is 14.1. The molecule has 0 atom stereocenters. The number of nitrogens with one attached hydrogen (secondary N) is 1. The SMILES string of the molecule is Cc1ccc2c(NCc3cnc(Cl)s3)c(C)ccc2n1. The molecule has 20 heavy (non-hydrogen) atoms. The van der Waals surface area contributed by atoms with Gasteiger partial charge in [-0.15, -0.1) is 11.3 Å². The van der Waals surface area contributed by atoms with E-state index in [0.29, 0.717) is 4.47 Å². The standard InChI is InChI=1S/C15H14ClN3S/c1-9-3-6-13-12(5-4-10(2)19-13)14(9)17-7-11-8-18-15(16)20-11/h3-6,8,17H,7H2,1-2H3. The lowest BCUT2D eigenvalue weighted by Gasteiger charge is -2.12. The molecule has 1 N–H and O–H groups in total. The van der Waals surface area contributed by atoms with Crippen molar-refractivity contribution in [3.05, 3.63) is 51.1 Å². The van der Waals surface area contributed by atoms with Gasteiger partial charge in [0.1, 0.15) is 0 Å². The minimum absolute atomic E-state index is 0.578. The molecule has 0 amide bonds. The molecule has 0 unspecified atom stereocenters. The number of halogens is 1. The van der Waals surface area contributed by atoms with Crippen molar-refractivity contribution >= 4 is 39.5 Å². The average molecular weight is 304 g/mol. The minimum atomic E-state index is 0.578. The molecule has 3 rings (SSSR count). The van der Waals surface area contributed by atoms with Crippen LogP contribution in [0.25, 0.3) is 10.9 Å². The maximum Gasteiger partial charge on any atom is 0.183 e. The summed E-state index contributed by atoms with van der Waals surface area (Å²) < 4.78 is 0.578. The Labute approximate surface area is 126 Å². The van der Waals surface area contributed by atoms with Crippen molar-refractivity contribution in [2.24, 2.45) is 0 Å². The van der Waals surface area contributed by atoms with E-state index >= 15 is 0 Å². The molecular formula is C15H14ClN3S. The van der Waals surface area contributed by atoms with E-state index < -0.39 is 0 Å². The minimum Gasteiger partial charge on any atom is -0.379 e. The molecule has 2 heterocycles. The van der Waals surface area contributed by atoms with Crippen LogP contribution in [0, 0.1) is 13.8 Å². The van der Waals surface area contributed by atoms with Crippen molar-refractivity contribution in [2.75, 3.05) is 5.32 Å². The lowest BCUT2D eigenvalue weighted by molar-refractivity contribution is 1.17. The van der Waals surface area contributed by atoms with Gasteiger partial charge >= 0.3 is 0 Å². The van der Waals surface area contributed by atoms with Crippen LogP contribution in [0.1, 0.15) is 16.1 Å². The van der Waals surface area contributed by atoms with Crippen molar-refractivity contribution in [2.45, 2.75) is 20.4 Å². The van der Waals surface area contributed by atoms with Crippen LogP contribution >= 0.6 is 22.9 Å². The van der Waals surface area contributed by atoms with Crippen LogP contribution in [0.15, 0.2) is 30.5 Å². The molecule has 0 aliphatic carbocycles. The molecule has 0 aliphatic heterocycles. The zero-order valence-electron chi connectivity index (χ0n) is 11.3. The molecule has 0 saturated carbocycles. The van der Waals surface area contributed by atoms with Crippen molar-refractivity contribution < 1.29 is 0 Å². The largest absolute Gasteiger partial charge is 0.379 e. The number of thiazole rings is 1. The summed E-state index contributed by atoms with van der Waals surface area (Å²) in [5.74, 6) is 0. The molecule has 0 spiro atoms. The van der Waals surface area contributed by atoms with Gasteiger partial charge in [-0.05, 0) is 37.6 Å². The summed E-state index contributed by atoms with van der Waals surface area (Å²) in [6.07, 6.45) is 1.81. The smallest absolute Gasteiger partial charge is 0.183 e. The average Bonchev–Trinajstić information content (AvgIpc) is 2.83. The second-order valence-corrected chi connectivity index (χ2v) is 6.41. The van der Waals surface area contributed by atoms with Crippen molar-refractivity contribution in [3.8, 4) is 0 Å². The first kappa shape index (κ1) is 13.3. The number of aromatic nitrogens is 2. The molecule has 0 bridgehead atoms. The molecule has 2 aromatic heterocycles. The van der Waals surface area contributed by atoms with E-state index in [1.54, 1.807) is 0 Å². The van der Waals surface area contributed by atoms with Crippen LogP contribution in [0.2, 0.25) is 4.47 Å². The third-order valence-corrected chi connectivity index (χ3v) is 4.30. The Hall–Kier alpha value is -1.65. The molecule has 5 heteroatoms. The third-order valence-electron chi connectivity index (χ3n) is 3.18. The molecule has 3 aromatic rings. The van der Waals surface area contributed by atoms with E-state index in [2.05, 4.69) is 40.4 Å². The topological polar surface area (TPSA) is 37.8 Å². The molecular weight excluding hydrogens is 290 g/mol. The number of anilines is 1. The molecule has 3 nitrogen and oxygen atoms in total. The van der Waals surface area contributed by atoms with Gasteiger partial charge in [0.2, 0.25) is 0 Å². The van der Waals surface area contributed by atoms with E-state index in [1.807, 2.05) is 19.2 Å². The lowest BCUT2D eigenvalue weighted by Crippen LogP contribution is -2.01. The Morgan fingerprint density at radius 3 is 2.80 bits per heavy atom. The van der Waals surface area contributed by atoms with Crippen molar-refractivity contribution in [3.63, 3.8) is 0 Å². The van der Waals surface area contributed by atoms with Gasteiger partial charge in [0, 0.05) is 27.8 Å². The summed E-state index contributed by atoms with van der Waals surface area (Å²) in [6.45, 7) is 4.82. The fourth-order valence-electron chi connectivity index (χ4n) is 2.19. The third kappa shape index (κ3) is 2.62. The lowest BCUT2D eigenvalue weighted by atomic mass is 10.1. The van der Waals surface area contributed by atoms with E-state index in [0.717, 1.165) is 33.7 Å². The summed E-state index contributed by atoms with van der Waals surface area (Å²) in [5, 5.41) is 4.62. The van der Waals surface area contributed by atoms with E-state index in [-0.39, 0.29) is 0 Å². The van der Waals surface area contributed by atoms with Crippen molar-refractivity contribution in [1.82, 2.24) is 9.97 Å². The Morgan fingerprint density at radius 1 is 1.20 bits per heavy atom. The first-order chi connectivity index (χ1) is 9.63. The number of hydrogen-bond acceptors (Lipinski definition) is 4. The van der Waals surface area contributed by atoms with Gasteiger partial charge in [0.25, 0.3) is 0 Å².